The molecule has 0 saturated carbocycles. The Kier molecular flexibility index (Phi) is 14.0. The van der Waals surface area contributed by atoms with E-state index in [0.29, 0.717) is 38.7 Å². The van der Waals surface area contributed by atoms with Crippen molar-refractivity contribution in [3.8, 4) is 11.5 Å². The second kappa shape index (κ2) is 14.8. The normalized spacial score (nSPS) is 11.1. The van der Waals surface area contributed by atoms with Gasteiger partial charge >= 0.3 is 6.61 Å². The third kappa shape index (κ3) is 9.95. The third-order valence-electron chi connectivity index (χ3n) is 3.20. The minimum atomic E-state index is -2.89. The molecule has 0 saturated heterocycles. The van der Waals surface area contributed by atoms with Crippen LogP contribution in [0.25, 0.3) is 0 Å². The summed E-state index contributed by atoms with van der Waals surface area (Å²) in [5, 5.41) is 6.34. The summed E-state index contributed by atoms with van der Waals surface area (Å²) in [5.74, 6) is 1.01. The number of halogens is 3. The molecule has 0 heterocycles. The van der Waals surface area contributed by atoms with Crippen LogP contribution >= 0.6 is 24.0 Å². The van der Waals surface area contributed by atoms with Crippen molar-refractivity contribution in [2.24, 2.45) is 4.99 Å². The topological polar surface area (TPSA) is 64.1 Å². The number of alkyl halides is 2. The first-order valence-electron chi connectivity index (χ1n) is 8.32. The van der Waals surface area contributed by atoms with Crippen LogP contribution in [-0.4, -0.2) is 52.5 Å². The van der Waals surface area contributed by atoms with E-state index in [9.17, 15) is 8.78 Å². The number of benzene rings is 1. The number of ether oxygens (including phenoxy) is 3. The zero-order valence-electron chi connectivity index (χ0n) is 15.4. The lowest BCUT2D eigenvalue weighted by Gasteiger charge is -2.13. The molecule has 0 radical (unpaired) electrons. The Morgan fingerprint density at radius 3 is 2.58 bits per heavy atom. The molecule has 150 valence electrons. The van der Waals surface area contributed by atoms with E-state index < -0.39 is 6.61 Å². The lowest BCUT2D eigenvalue weighted by atomic mass is 10.1. The minimum absolute atomic E-state index is 0. The smallest absolute Gasteiger partial charge is 0.387 e. The molecule has 0 spiro atoms. The van der Waals surface area contributed by atoms with Crippen molar-refractivity contribution < 1.29 is 23.0 Å². The van der Waals surface area contributed by atoms with Crippen LogP contribution in [0, 0.1) is 0 Å². The van der Waals surface area contributed by atoms with E-state index in [1.165, 1.54) is 7.11 Å². The van der Waals surface area contributed by atoms with E-state index >= 15 is 0 Å². The van der Waals surface area contributed by atoms with Crippen LogP contribution in [0.3, 0.4) is 0 Å². The van der Waals surface area contributed by atoms with Gasteiger partial charge in [0.25, 0.3) is 0 Å². The number of hydrogen-bond acceptors (Lipinski definition) is 4. The number of rotatable bonds is 11. The second-order valence-electron chi connectivity index (χ2n) is 5.00. The first-order valence-corrected chi connectivity index (χ1v) is 8.32. The Balaban J connectivity index is 0.00000625. The highest BCUT2D eigenvalue weighted by molar-refractivity contribution is 14.0. The summed E-state index contributed by atoms with van der Waals surface area (Å²) < 4.78 is 39.7. The summed E-state index contributed by atoms with van der Waals surface area (Å²) in [6.07, 6.45) is 0.624. The fourth-order valence-electron chi connectivity index (χ4n) is 2.10. The Morgan fingerprint density at radius 2 is 1.96 bits per heavy atom. The Bertz CT molecular complexity index is 534. The van der Waals surface area contributed by atoms with Crippen molar-refractivity contribution >= 4 is 29.9 Å². The van der Waals surface area contributed by atoms with Gasteiger partial charge in [-0.3, -0.25) is 4.99 Å². The number of methoxy groups -OCH3 is 1. The Morgan fingerprint density at radius 1 is 1.19 bits per heavy atom. The molecular formula is C17H28F2IN3O3. The summed E-state index contributed by atoms with van der Waals surface area (Å²) in [5.41, 5.74) is 0.856. The third-order valence-corrected chi connectivity index (χ3v) is 3.20. The van der Waals surface area contributed by atoms with Crippen LogP contribution in [0.15, 0.2) is 23.2 Å². The zero-order chi connectivity index (χ0) is 18.5. The molecule has 0 unspecified atom stereocenters. The van der Waals surface area contributed by atoms with Gasteiger partial charge in [-0.2, -0.15) is 8.78 Å². The molecule has 0 aliphatic carbocycles. The number of hydrogen-bond donors (Lipinski definition) is 2. The van der Waals surface area contributed by atoms with Crippen molar-refractivity contribution in [1.82, 2.24) is 10.6 Å². The average Bonchev–Trinajstić information content (AvgIpc) is 2.58. The van der Waals surface area contributed by atoms with Crippen LogP contribution in [0.4, 0.5) is 8.78 Å². The van der Waals surface area contributed by atoms with Gasteiger partial charge in [0.2, 0.25) is 0 Å². The average molecular weight is 487 g/mol. The fraction of sp³-hybridized carbons (Fsp3) is 0.588. The first-order chi connectivity index (χ1) is 12.1. The first kappa shape index (κ1) is 24.6. The second-order valence-corrected chi connectivity index (χ2v) is 5.00. The molecule has 0 bridgehead atoms. The van der Waals surface area contributed by atoms with Gasteiger partial charge in [-0.25, -0.2) is 0 Å². The maximum atomic E-state index is 12.5. The molecule has 2 N–H and O–H groups in total. The van der Waals surface area contributed by atoms with E-state index in [4.69, 9.17) is 9.47 Å². The summed E-state index contributed by atoms with van der Waals surface area (Å²) in [4.78, 5) is 4.39. The van der Waals surface area contributed by atoms with Gasteiger partial charge in [0.05, 0.1) is 20.3 Å². The molecule has 6 nitrogen and oxygen atoms in total. The molecule has 0 aliphatic rings. The molecule has 0 aliphatic heterocycles. The summed E-state index contributed by atoms with van der Waals surface area (Å²) in [6.45, 7) is 4.18. The molecule has 1 aromatic rings. The highest BCUT2D eigenvalue weighted by Gasteiger charge is 2.11. The lowest BCUT2D eigenvalue weighted by Crippen LogP contribution is -2.38. The Labute approximate surface area is 170 Å². The predicted molar refractivity (Wildman–Crippen MR) is 109 cm³/mol. The van der Waals surface area contributed by atoms with Crippen molar-refractivity contribution in [2.45, 2.75) is 26.9 Å². The maximum Gasteiger partial charge on any atom is 0.387 e. The van der Waals surface area contributed by atoms with Crippen molar-refractivity contribution in [1.29, 1.82) is 0 Å². The summed E-state index contributed by atoms with van der Waals surface area (Å²) in [6, 6.07) is 5.00. The van der Waals surface area contributed by atoms with Gasteiger partial charge in [0.15, 0.2) is 17.5 Å². The van der Waals surface area contributed by atoms with Crippen LogP contribution in [0.1, 0.15) is 19.4 Å². The SMILES string of the molecule is CCNC(=NCCOCC)NCCc1ccc(OC)c(OC(F)F)c1.I. The number of nitrogens with zero attached hydrogens (tertiary/aromatic N) is 1. The molecule has 1 rings (SSSR count). The maximum absolute atomic E-state index is 12.5. The fourth-order valence-corrected chi connectivity index (χ4v) is 2.10. The highest BCUT2D eigenvalue weighted by Crippen LogP contribution is 2.29. The molecule has 9 heteroatoms. The van der Waals surface area contributed by atoms with Gasteiger partial charge < -0.3 is 24.8 Å². The van der Waals surface area contributed by atoms with E-state index in [-0.39, 0.29) is 35.5 Å². The molecule has 0 fully saturated rings. The van der Waals surface area contributed by atoms with Crippen LogP contribution in [-0.2, 0) is 11.2 Å². The summed E-state index contributed by atoms with van der Waals surface area (Å²) in [7, 11) is 1.41. The van der Waals surface area contributed by atoms with E-state index in [2.05, 4.69) is 20.4 Å². The highest BCUT2D eigenvalue weighted by atomic mass is 127. The molecule has 0 amide bonds. The molecule has 0 atom stereocenters. The molecule has 26 heavy (non-hydrogen) atoms. The van der Waals surface area contributed by atoms with Crippen LogP contribution < -0.4 is 20.1 Å². The van der Waals surface area contributed by atoms with Gasteiger partial charge in [-0.05, 0) is 38.0 Å². The van der Waals surface area contributed by atoms with E-state index in [0.717, 1.165) is 12.1 Å². The molecular weight excluding hydrogens is 459 g/mol. The zero-order valence-corrected chi connectivity index (χ0v) is 17.7. The van der Waals surface area contributed by atoms with Gasteiger partial charge in [-0.15, -0.1) is 24.0 Å². The standard InChI is InChI=1S/C17H27F2N3O3.HI/c1-4-20-17(22-10-11-24-5-2)21-9-8-13-6-7-14(23-3)15(12-13)25-16(18)19;/h6-7,12,16H,4-5,8-11H2,1-3H3,(H2,20,21,22);1H. The predicted octanol–water partition coefficient (Wildman–Crippen LogP) is 3.05. The van der Waals surface area contributed by atoms with Crippen molar-refractivity contribution in [2.75, 3.05) is 40.0 Å². The Hall–Kier alpha value is -1.36. The monoisotopic (exact) mass is 487 g/mol. The molecule has 1 aromatic carbocycles. The van der Waals surface area contributed by atoms with Crippen molar-refractivity contribution in [3.63, 3.8) is 0 Å². The number of guanidine groups is 1. The van der Waals surface area contributed by atoms with E-state index in [1.54, 1.807) is 12.1 Å². The minimum Gasteiger partial charge on any atom is -0.493 e. The van der Waals surface area contributed by atoms with Gasteiger partial charge in [0.1, 0.15) is 0 Å². The van der Waals surface area contributed by atoms with Crippen LogP contribution in [0.5, 0.6) is 11.5 Å². The quantitative estimate of drug-likeness (QED) is 0.218. The van der Waals surface area contributed by atoms with Gasteiger partial charge in [-0.1, -0.05) is 6.07 Å². The number of aliphatic imine (C=N–C) groups is 1. The van der Waals surface area contributed by atoms with Gasteiger partial charge in [0, 0.05) is 19.7 Å². The largest absolute Gasteiger partial charge is 0.493 e. The number of nitrogens with one attached hydrogen (secondary N) is 2. The van der Waals surface area contributed by atoms with E-state index in [1.807, 2.05) is 19.9 Å². The van der Waals surface area contributed by atoms with Crippen LogP contribution in [0.2, 0.25) is 0 Å². The summed E-state index contributed by atoms with van der Waals surface area (Å²) >= 11 is 0. The molecule has 0 aromatic heterocycles. The van der Waals surface area contributed by atoms with Crippen molar-refractivity contribution in [3.05, 3.63) is 23.8 Å². The lowest BCUT2D eigenvalue weighted by molar-refractivity contribution is -0.0512.